The molecular formula is C14H22NO4PS. The molecule has 0 spiro atoms. The van der Waals surface area contributed by atoms with Gasteiger partial charge in [-0.25, -0.2) is 4.57 Å². The quantitative estimate of drug-likeness (QED) is 0.307. The van der Waals surface area contributed by atoms with Gasteiger partial charge in [-0.1, -0.05) is 29.8 Å². The lowest BCUT2D eigenvalue weighted by molar-refractivity contribution is 0.160. The fraction of sp³-hybridized carbons (Fsp3) is 0.500. The number of hydrogen-bond acceptors (Lipinski definition) is 6. The summed E-state index contributed by atoms with van der Waals surface area (Å²) in [6, 6.07) is 5.57. The summed E-state index contributed by atoms with van der Waals surface area (Å²) in [5.74, 6) is 0.469. The van der Waals surface area contributed by atoms with Crippen LogP contribution < -0.4 is 4.52 Å². The predicted molar refractivity (Wildman–Crippen MR) is 88.1 cm³/mol. The molecule has 0 aliphatic rings. The number of hydrogen-bond donors (Lipinski definition) is 0. The van der Waals surface area contributed by atoms with Gasteiger partial charge in [0.05, 0.1) is 6.61 Å². The van der Waals surface area contributed by atoms with Gasteiger partial charge in [-0.3, -0.25) is 9.15 Å². The van der Waals surface area contributed by atoms with E-state index in [0.29, 0.717) is 17.2 Å². The molecule has 0 saturated carbocycles. The van der Waals surface area contributed by atoms with Crippen molar-refractivity contribution in [3.8, 4) is 5.75 Å². The van der Waals surface area contributed by atoms with Crippen molar-refractivity contribution < 1.29 is 18.2 Å². The number of benzene rings is 1. The van der Waals surface area contributed by atoms with E-state index in [2.05, 4.69) is 5.16 Å². The van der Waals surface area contributed by atoms with E-state index in [9.17, 15) is 4.57 Å². The Balaban J connectivity index is 2.93. The van der Waals surface area contributed by atoms with Crippen molar-refractivity contribution in [3.63, 3.8) is 0 Å². The zero-order valence-corrected chi connectivity index (χ0v) is 14.8. The molecule has 5 nitrogen and oxygen atoms in total. The van der Waals surface area contributed by atoms with Gasteiger partial charge >= 0.3 is 7.82 Å². The molecule has 0 N–H and O–H groups in total. The minimum Gasteiger partial charge on any atom is -0.394 e. The van der Waals surface area contributed by atoms with Crippen LogP contribution in [0.5, 0.6) is 5.75 Å². The summed E-state index contributed by atoms with van der Waals surface area (Å²) < 4.78 is 28.4. The van der Waals surface area contributed by atoms with Gasteiger partial charge in [0.15, 0.2) is 0 Å². The van der Waals surface area contributed by atoms with Crippen LogP contribution in [0, 0.1) is 13.8 Å². The average molecular weight is 331 g/mol. The van der Waals surface area contributed by atoms with Gasteiger partial charge in [-0.05, 0) is 45.1 Å². The minimum atomic E-state index is -3.77. The van der Waals surface area contributed by atoms with Crippen LogP contribution in [-0.2, 0) is 13.7 Å². The van der Waals surface area contributed by atoms with E-state index < -0.39 is 7.82 Å². The predicted octanol–water partition coefficient (Wildman–Crippen LogP) is 4.93. The third-order valence-electron chi connectivity index (χ3n) is 2.56. The number of phosphoric acid groups is 1. The Hall–Kier alpha value is -0.970. The van der Waals surface area contributed by atoms with Crippen LogP contribution in [0.2, 0.25) is 0 Å². The zero-order chi connectivity index (χ0) is 15.9. The first-order valence-corrected chi connectivity index (χ1v) is 9.37. The number of oxime groups is 1. The molecule has 0 heterocycles. The van der Waals surface area contributed by atoms with E-state index in [1.807, 2.05) is 39.2 Å². The highest BCUT2D eigenvalue weighted by Gasteiger charge is 2.31. The van der Waals surface area contributed by atoms with Crippen molar-refractivity contribution >= 4 is 24.6 Å². The van der Waals surface area contributed by atoms with Gasteiger partial charge in [0, 0.05) is 0 Å². The monoisotopic (exact) mass is 331 g/mol. The highest BCUT2D eigenvalue weighted by Crippen LogP contribution is 2.50. The molecule has 1 aromatic carbocycles. The van der Waals surface area contributed by atoms with E-state index in [1.165, 1.54) is 11.8 Å². The first-order chi connectivity index (χ1) is 9.90. The summed E-state index contributed by atoms with van der Waals surface area (Å²) in [5.41, 5.74) is 1.96. The lowest BCUT2D eigenvalue weighted by Crippen LogP contribution is -2.03. The molecule has 118 valence electrons. The lowest BCUT2D eigenvalue weighted by Gasteiger charge is -2.17. The van der Waals surface area contributed by atoms with Gasteiger partial charge < -0.3 is 4.52 Å². The van der Waals surface area contributed by atoms with Crippen LogP contribution in [0.15, 0.2) is 23.4 Å². The maximum atomic E-state index is 12.6. The van der Waals surface area contributed by atoms with Crippen LogP contribution in [0.3, 0.4) is 0 Å². The van der Waals surface area contributed by atoms with Gasteiger partial charge in [-0.2, -0.15) is 0 Å². The smallest absolute Gasteiger partial charge is 0.394 e. The van der Waals surface area contributed by atoms with E-state index in [4.69, 9.17) is 13.7 Å². The molecule has 0 saturated heterocycles. The SMILES string of the molecule is CCCOP(=O)(O/N=C(\C)SC)Oc1ccc(C)cc1C. The lowest BCUT2D eigenvalue weighted by atomic mass is 10.1. The van der Waals surface area contributed by atoms with Crippen LogP contribution in [0.25, 0.3) is 0 Å². The normalized spacial score (nSPS) is 14.6. The number of rotatable bonds is 7. The third-order valence-corrected chi connectivity index (χ3v) is 4.43. The molecule has 0 aliphatic carbocycles. The molecule has 21 heavy (non-hydrogen) atoms. The van der Waals surface area contributed by atoms with Crippen LogP contribution >= 0.6 is 19.6 Å². The fourth-order valence-electron chi connectivity index (χ4n) is 1.44. The molecule has 1 aromatic rings. The molecule has 0 radical (unpaired) electrons. The second-order valence-electron chi connectivity index (χ2n) is 4.54. The van der Waals surface area contributed by atoms with Gasteiger partial charge in [0.1, 0.15) is 10.8 Å². The van der Waals surface area contributed by atoms with Gasteiger partial charge in [-0.15, -0.1) is 11.8 Å². The third kappa shape index (κ3) is 6.12. The number of phosphoric ester groups is 1. The molecule has 0 fully saturated rings. The topological polar surface area (TPSA) is 57.1 Å². The van der Waals surface area contributed by atoms with Crippen molar-refractivity contribution in [1.82, 2.24) is 0 Å². The molecule has 7 heteroatoms. The van der Waals surface area contributed by atoms with Crippen LogP contribution in [0.4, 0.5) is 0 Å². The zero-order valence-electron chi connectivity index (χ0n) is 13.1. The van der Waals surface area contributed by atoms with Crippen molar-refractivity contribution in [1.29, 1.82) is 0 Å². The summed E-state index contributed by atoms with van der Waals surface area (Å²) in [6.45, 7) is 7.80. The van der Waals surface area contributed by atoms with E-state index >= 15 is 0 Å². The van der Waals surface area contributed by atoms with Crippen molar-refractivity contribution in [2.45, 2.75) is 34.1 Å². The second kappa shape index (κ2) is 8.47. The largest absolute Gasteiger partial charge is 0.608 e. The fourth-order valence-corrected chi connectivity index (χ4v) is 2.81. The van der Waals surface area contributed by atoms with E-state index in [1.54, 1.807) is 13.0 Å². The molecular weight excluding hydrogens is 309 g/mol. The molecule has 0 aliphatic heterocycles. The first kappa shape index (κ1) is 18.1. The number of nitrogens with zero attached hydrogens (tertiary/aromatic N) is 1. The summed E-state index contributed by atoms with van der Waals surface area (Å²) in [4.78, 5) is 0. The van der Waals surface area contributed by atoms with Crippen LogP contribution in [0.1, 0.15) is 31.4 Å². The highest BCUT2D eigenvalue weighted by molar-refractivity contribution is 8.13. The molecule has 1 atom stereocenters. The van der Waals surface area contributed by atoms with Gasteiger partial charge in [0.2, 0.25) is 0 Å². The summed E-state index contributed by atoms with van der Waals surface area (Å²) >= 11 is 1.39. The van der Waals surface area contributed by atoms with Crippen LogP contribution in [-0.4, -0.2) is 17.9 Å². The van der Waals surface area contributed by atoms with Gasteiger partial charge in [0.25, 0.3) is 0 Å². The van der Waals surface area contributed by atoms with Crippen molar-refractivity contribution in [3.05, 3.63) is 29.3 Å². The standard InChI is InChI=1S/C14H22NO4PS/c1-6-9-17-20(16,19-15-13(4)21-5)18-14-8-7-11(2)10-12(14)3/h7-8,10H,6,9H2,1-5H3/b15-13+. The van der Waals surface area contributed by atoms with Crippen molar-refractivity contribution in [2.24, 2.45) is 5.16 Å². The second-order valence-corrected chi connectivity index (χ2v) is 7.03. The number of thioether (sulfide) groups is 1. The number of aryl methyl sites for hydroxylation is 2. The summed E-state index contributed by atoms with van der Waals surface area (Å²) in [7, 11) is -3.77. The molecule has 1 rings (SSSR count). The Kier molecular flexibility index (Phi) is 7.29. The average Bonchev–Trinajstić information content (AvgIpc) is 2.46. The Morgan fingerprint density at radius 1 is 1.38 bits per heavy atom. The molecule has 0 bridgehead atoms. The first-order valence-electron chi connectivity index (χ1n) is 6.69. The minimum absolute atomic E-state index is 0.274. The van der Waals surface area contributed by atoms with Crippen molar-refractivity contribution in [2.75, 3.05) is 12.9 Å². The van der Waals surface area contributed by atoms with E-state index in [-0.39, 0.29) is 6.61 Å². The summed E-state index contributed by atoms with van der Waals surface area (Å²) in [6.07, 6.45) is 2.56. The van der Waals surface area contributed by atoms with E-state index in [0.717, 1.165) is 11.1 Å². The Labute approximate surface area is 130 Å². The highest BCUT2D eigenvalue weighted by atomic mass is 32.2. The Morgan fingerprint density at radius 3 is 2.67 bits per heavy atom. The Morgan fingerprint density at radius 2 is 2.10 bits per heavy atom. The summed E-state index contributed by atoms with van der Waals surface area (Å²) in [5, 5.41) is 4.42. The molecule has 1 unspecified atom stereocenters. The molecule has 0 amide bonds. The maximum Gasteiger partial charge on any atom is 0.608 e. The Bertz CT molecular complexity index is 548. The molecule has 0 aromatic heterocycles. The maximum absolute atomic E-state index is 12.6.